The van der Waals surface area contributed by atoms with E-state index in [1.165, 1.54) is 19.1 Å². The summed E-state index contributed by atoms with van der Waals surface area (Å²) in [4.78, 5) is 21.2. The molecule has 1 aromatic heterocycles. The van der Waals surface area contributed by atoms with Crippen LogP contribution in [0.25, 0.3) is 0 Å². The van der Waals surface area contributed by atoms with Gasteiger partial charge in [0.1, 0.15) is 0 Å². The zero-order valence-electron chi connectivity index (χ0n) is 14.5. The summed E-state index contributed by atoms with van der Waals surface area (Å²) in [5.74, 6) is 1.37. The molecular formula is C17H27IN4O2. The van der Waals surface area contributed by atoms with E-state index in [4.69, 9.17) is 9.41 Å². The normalized spacial score (nSPS) is 19.7. The van der Waals surface area contributed by atoms with Gasteiger partial charge in [0.05, 0.1) is 6.26 Å². The Kier molecular flexibility index (Phi) is 6.54. The summed E-state index contributed by atoms with van der Waals surface area (Å²) < 4.78 is 5.20. The number of carbonyl (C=O) groups excluding carboxylic acids is 1. The van der Waals surface area contributed by atoms with Crippen molar-refractivity contribution in [3.63, 3.8) is 0 Å². The second-order valence-electron chi connectivity index (χ2n) is 6.74. The first-order valence-electron chi connectivity index (χ1n) is 8.47. The van der Waals surface area contributed by atoms with Gasteiger partial charge in [-0.3, -0.25) is 9.79 Å². The second kappa shape index (κ2) is 8.22. The van der Waals surface area contributed by atoms with Crippen LogP contribution in [0.15, 0.2) is 27.8 Å². The number of halogens is 1. The summed E-state index contributed by atoms with van der Waals surface area (Å²) in [7, 11) is 0. The van der Waals surface area contributed by atoms with Gasteiger partial charge >= 0.3 is 0 Å². The van der Waals surface area contributed by atoms with E-state index in [2.05, 4.69) is 24.1 Å². The van der Waals surface area contributed by atoms with Gasteiger partial charge in [0.15, 0.2) is 11.7 Å². The number of piperazine rings is 1. The van der Waals surface area contributed by atoms with E-state index in [1.807, 2.05) is 4.90 Å². The highest BCUT2D eigenvalue weighted by Crippen LogP contribution is 2.45. The molecule has 24 heavy (non-hydrogen) atoms. The summed E-state index contributed by atoms with van der Waals surface area (Å²) in [6, 6.07) is 3.47. The molecule has 0 atom stereocenters. The van der Waals surface area contributed by atoms with Gasteiger partial charge in [-0.1, -0.05) is 6.92 Å². The maximum absolute atomic E-state index is 12.3. The molecule has 6 nitrogen and oxygen atoms in total. The predicted octanol–water partition coefficient (Wildman–Crippen LogP) is 2.42. The first-order chi connectivity index (χ1) is 11.1. The van der Waals surface area contributed by atoms with Gasteiger partial charge in [-0.25, -0.2) is 0 Å². The van der Waals surface area contributed by atoms with E-state index in [-0.39, 0.29) is 29.9 Å². The molecule has 3 rings (SSSR count). The second-order valence-corrected chi connectivity index (χ2v) is 6.74. The Morgan fingerprint density at radius 1 is 1.29 bits per heavy atom. The molecule has 1 aliphatic carbocycles. The number of nitrogens with one attached hydrogen (secondary N) is 1. The van der Waals surface area contributed by atoms with E-state index in [0.717, 1.165) is 32.1 Å². The average Bonchev–Trinajstić information content (AvgIpc) is 3.08. The van der Waals surface area contributed by atoms with Crippen molar-refractivity contribution in [3.05, 3.63) is 24.2 Å². The standard InChI is InChI=1S/C17H26N4O2.HI/c1-3-18-16(19-13-17(2)6-7-17)21-10-8-20(9-11-21)15(22)14-5-4-12-23-14;/h4-5,12H,3,6-11,13H2,1-2H3,(H,18,19);1H. The van der Waals surface area contributed by atoms with Crippen molar-refractivity contribution in [1.29, 1.82) is 0 Å². The molecule has 0 unspecified atom stereocenters. The van der Waals surface area contributed by atoms with Crippen LogP contribution in [0.3, 0.4) is 0 Å². The molecule has 0 bridgehead atoms. The highest BCUT2D eigenvalue weighted by Gasteiger charge is 2.37. The molecule has 1 N–H and O–H groups in total. The monoisotopic (exact) mass is 446 g/mol. The van der Waals surface area contributed by atoms with Gasteiger partial charge in [-0.2, -0.15) is 0 Å². The summed E-state index contributed by atoms with van der Waals surface area (Å²) in [6.45, 7) is 9.12. The molecule has 0 radical (unpaired) electrons. The molecule has 0 spiro atoms. The number of aliphatic imine (C=N–C) groups is 1. The number of carbonyl (C=O) groups is 1. The van der Waals surface area contributed by atoms with Gasteiger partial charge < -0.3 is 19.5 Å². The number of guanidine groups is 1. The number of nitrogens with zero attached hydrogens (tertiary/aromatic N) is 3. The summed E-state index contributed by atoms with van der Waals surface area (Å²) in [6.07, 6.45) is 4.10. The van der Waals surface area contributed by atoms with E-state index >= 15 is 0 Å². The van der Waals surface area contributed by atoms with Gasteiger partial charge in [0.2, 0.25) is 0 Å². The molecule has 1 saturated carbocycles. The predicted molar refractivity (Wildman–Crippen MR) is 105 cm³/mol. The van der Waals surface area contributed by atoms with Crippen LogP contribution >= 0.6 is 24.0 Å². The third kappa shape index (κ3) is 4.64. The lowest BCUT2D eigenvalue weighted by Crippen LogP contribution is -2.53. The first kappa shape index (κ1) is 19.1. The minimum Gasteiger partial charge on any atom is -0.459 e. The minimum absolute atomic E-state index is 0. The quantitative estimate of drug-likeness (QED) is 0.439. The van der Waals surface area contributed by atoms with Crippen molar-refractivity contribution in [3.8, 4) is 0 Å². The third-order valence-corrected chi connectivity index (χ3v) is 4.65. The Balaban J connectivity index is 0.00000208. The molecule has 134 valence electrons. The van der Waals surface area contributed by atoms with Crippen LogP contribution in [-0.4, -0.2) is 60.9 Å². The van der Waals surface area contributed by atoms with Crippen molar-refractivity contribution >= 4 is 35.8 Å². The number of hydrogen-bond donors (Lipinski definition) is 1. The maximum atomic E-state index is 12.3. The third-order valence-electron chi connectivity index (χ3n) is 4.65. The topological polar surface area (TPSA) is 61.1 Å². The van der Waals surface area contributed by atoms with Crippen molar-refractivity contribution in [2.45, 2.75) is 26.7 Å². The van der Waals surface area contributed by atoms with Crippen molar-refractivity contribution in [2.75, 3.05) is 39.3 Å². The highest BCUT2D eigenvalue weighted by molar-refractivity contribution is 14.0. The lowest BCUT2D eigenvalue weighted by Gasteiger charge is -2.36. The fraction of sp³-hybridized carbons (Fsp3) is 0.647. The van der Waals surface area contributed by atoms with Crippen LogP contribution in [0.5, 0.6) is 0 Å². The zero-order chi connectivity index (χ0) is 16.3. The van der Waals surface area contributed by atoms with Gasteiger partial charge in [-0.05, 0) is 37.3 Å². The Labute approximate surface area is 160 Å². The lowest BCUT2D eigenvalue weighted by molar-refractivity contribution is 0.0657. The minimum atomic E-state index is -0.0259. The Hall–Kier alpha value is -1.25. The Bertz CT molecular complexity index is 561. The van der Waals surface area contributed by atoms with Gasteiger partial charge in [-0.15, -0.1) is 24.0 Å². The van der Waals surface area contributed by atoms with Crippen LogP contribution < -0.4 is 5.32 Å². The SMILES string of the molecule is CCNC(=NCC1(C)CC1)N1CCN(C(=O)c2ccco2)CC1.I. The molecule has 2 heterocycles. The zero-order valence-corrected chi connectivity index (χ0v) is 16.8. The molecule has 0 aromatic carbocycles. The number of hydrogen-bond acceptors (Lipinski definition) is 3. The van der Waals surface area contributed by atoms with Crippen LogP contribution in [0.2, 0.25) is 0 Å². The van der Waals surface area contributed by atoms with Gasteiger partial charge in [0, 0.05) is 39.3 Å². The van der Waals surface area contributed by atoms with Crippen LogP contribution in [0.1, 0.15) is 37.2 Å². The van der Waals surface area contributed by atoms with E-state index in [9.17, 15) is 4.79 Å². The largest absolute Gasteiger partial charge is 0.459 e. The maximum Gasteiger partial charge on any atom is 0.289 e. The van der Waals surface area contributed by atoms with E-state index in [1.54, 1.807) is 12.1 Å². The molecule has 7 heteroatoms. The van der Waals surface area contributed by atoms with Crippen LogP contribution in [-0.2, 0) is 0 Å². The number of furan rings is 1. The Morgan fingerprint density at radius 2 is 1.96 bits per heavy atom. The lowest BCUT2D eigenvalue weighted by atomic mass is 10.1. The summed E-state index contributed by atoms with van der Waals surface area (Å²) in [5, 5.41) is 3.38. The average molecular weight is 446 g/mol. The molecule has 2 fully saturated rings. The molecule has 1 saturated heterocycles. The molecule has 1 aromatic rings. The molecule has 1 amide bonds. The summed E-state index contributed by atoms with van der Waals surface area (Å²) in [5.41, 5.74) is 0.414. The number of amides is 1. The molecular weight excluding hydrogens is 419 g/mol. The fourth-order valence-electron chi connectivity index (χ4n) is 2.74. The van der Waals surface area contributed by atoms with Crippen molar-refractivity contribution < 1.29 is 9.21 Å². The first-order valence-corrected chi connectivity index (χ1v) is 8.47. The number of rotatable bonds is 4. The van der Waals surface area contributed by atoms with Crippen LogP contribution in [0, 0.1) is 5.41 Å². The Morgan fingerprint density at radius 3 is 2.50 bits per heavy atom. The highest BCUT2D eigenvalue weighted by atomic mass is 127. The van der Waals surface area contributed by atoms with Crippen molar-refractivity contribution in [1.82, 2.24) is 15.1 Å². The van der Waals surface area contributed by atoms with Crippen molar-refractivity contribution in [2.24, 2.45) is 10.4 Å². The van der Waals surface area contributed by atoms with E-state index < -0.39 is 0 Å². The van der Waals surface area contributed by atoms with Crippen LogP contribution in [0.4, 0.5) is 0 Å². The smallest absolute Gasteiger partial charge is 0.289 e. The van der Waals surface area contributed by atoms with Gasteiger partial charge in [0.25, 0.3) is 5.91 Å². The summed E-state index contributed by atoms with van der Waals surface area (Å²) >= 11 is 0. The fourth-order valence-corrected chi connectivity index (χ4v) is 2.74. The molecule has 1 aliphatic heterocycles. The van der Waals surface area contributed by atoms with E-state index in [0.29, 0.717) is 24.3 Å². The molecule has 2 aliphatic rings.